The zero-order chi connectivity index (χ0) is 12.1. The Bertz CT molecular complexity index is 365. The van der Waals surface area contributed by atoms with Crippen LogP contribution in [0.5, 0.6) is 5.75 Å². The maximum atomic E-state index is 11.1. The first-order valence-electron chi connectivity index (χ1n) is 5.09. The van der Waals surface area contributed by atoms with Crippen LogP contribution in [-0.2, 0) is 9.53 Å². The minimum Gasteiger partial charge on any atom is -0.480 e. The van der Waals surface area contributed by atoms with Crippen LogP contribution in [0.25, 0.3) is 0 Å². The van der Waals surface area contributed by atoms with Crippen molar-refractivity contribution in [3.63, 3.8) is 0 Å². The minimum atomic E-state index is -0.352. The van der Waals surface area contributed by atoms with Gasteiger partial charge in [-0.3, -0.25) is 0 Å². The SMILES string of the molecule is CCOC(=O)COc1c(C)cc(C)cc1Br. The lowest BCUT2D eigenvalue weighted by atomic mass is 10.1. The molecule has 0 heterocycles. The van der Waals surface area contributed by atoms with E-state index in [4.69, 9.17) is 9.47 Å². The van der Waals surface area contributed by atoms with Crippen LogP contribution in [0.1, 0.15) is 18.1 Å². The quantitative estimate of drug-likeness (QED) is 0.799. The number of rotatable bonds is 4. The van der Waals surface area contributed by atoms with Gasteiger partial charge in [0.2, 0.25) is 0 Å². The average molecular weight is 287 g/mol. The maximum Gasteiger partial charge on any atom is 0.344 e. The topological polar surface area (TPSA) is 35.5 Å². The molecular formula is C12H15BrO3. The number of ether oxygens (including phenoxy) is 2. The fraction of sp³-hybridized carbons (Fsp3) is 0.417. The summed E-state index contributed by atoms with van der Waals surface area (Å²) in [6, 6.07) is 3.96. The summed E-state index contributed by atoms with van der Waals surface area (Å²) in [6.45, 7) is 6.03. The van der Waals surface area contributed by atoms with Crippen LogP contribution >= 0.6 is 15.9 Å². The van der Waals surface area contributed by atoms with Gasteiger partial charge in [0.05, 0.1) is 11.1 Å². The van der Waals surface area contributed by atoms with E-state index < -0.39 is 0 Å². The van der Waals surface area contributed by atoms with Gasteiger partial charge in [0.25, 0.3) is 0 Å². The molecule has 0 bridgehead atoms. The van der Waals surface area contributed by atoms with Crippen LogP contribution in [0.15, 0.2) is 16.6 Å². The highest BCUT2D eigenvalue weighted by Gasteiger charge is 2.09. The zero-order valence-corrected chi connectivity index (χ0v) is 11.3. The fourth-order valence-corrected chi connectivity index (χ4v) is 2.21. The molecular weight excluding hydrogens is 272 g/mol. The second-order valence-corrected chi connectivity index (χ2v) is 4.34. The first-order valence-corrected chi connectivity index (χ1v) is 5.89. The zero-order valence-electron chi connectivity index (χ0n) is 9.67. The molecule has 0 aliphatic rings. The Kier molecular flexibility index (Phi) is 4.80. The number of hydrogen-bond acceptors (Lipinski definition) is 3. The summed E-state index contributed by atoms with van der Waals surface area (Å²) in [5.41, 5.74) is 2.14. The Morgan fingerprint density at radius 1 is 1.38 bits per heavy atom. The normalized spacial score (nSPS) is 10.0. The second kappa shape index (κ2) is 5.89. The van der Waals surface area contributed by atoms with Crippen molar-refractivity contribution in [3.05, 3.63) is 27.7 Å². The van der Waals surface area contributed by atoms with Crippen LogP contribution in [-0.4, -0.2) is 19.2 Å². The molecule has 4 heteroatoms. The molecule has 16 heavy (non-hydrogen) atoms. The largest absolute Gasteiger partial charge is 0.480 e. The highest BCUT2D eigenvalue weighted by molar-refractivity contribution is 9.10. The summed E-state index contributed by atoms with van der Waals surface area (Å²) in [5, 5.41) is 0. The van der Waals surface area contributed by atoms with E-state index in [0.29, 0.717) is 12.4 Å². The number of esters is 1. The molecule has 1 aromatic rings. The molecule has 1 aromatic carbocycles. The summed E-state index contributed by atoms with van der Waals surface area (Å²) in [7, 11) is 0. The number of benzene rings is 1. The predicted octanol–water partition coefficient (Wildman–Crippen LogP) is 3.01. The van der Waals surface area contributed by atoms with E-state index in [9.17, 15) is 4.79 Å². The summed E-state index contributed by atoms with van der Waals surface area (Å²) < 4.78 is 11.1. The standard InChI is InChI=1S/C12H15BrO3/c1-4-15-11(14)7-16-12-9(3)5-8(2)6-10(12)13/h5-6H,4,7H2,1-3H3. The van der Waals surface area contributed by atoms with Gasteiger partial charge in [0.1, 0.15) is 5.75 Å². The molecule has 0 unspecified atom stereocenters. The number of carbonyl (C=O) groups excluding carboxylic acids is 1. The van der Waals surface area contributed by atoms with Gasteiger partial charge >= 0.3 is 5.97 Å². The van der Waals surface area contributed by atoms with Crippen molar-refractivity contribution in [1.29, 1.82) is 0 Å². The van der Waals surface area contributed by atoms with Crippen LogP contribution in [0.4, 0.5) is 0 Å². The first kappa shape index (κ1) is 13.0. The van der Waals surface area contributed by atoms with Gasteiger partial charge < -0.3 is 9.47 Å². The molecule has 0 saturated heterocycles. The third-order valence-electron chi connectivity index (χ3n) is 2.01. The summed E-state index contributed by atoms with van der Waals surface area (Å²) in [6.07, 6.45) is 0. The van der Waals surface area contributed by atoms with Crippen LogP contribution in [0.3, 0.4) is 0 Å². The van der Waals surface area contributed by atoms with E-state index in [-0.39, 0.29) is 12.6 Å². The fourth-order valence-electron chi connectivity index (χ4n) is 1.42. The Balaban J connectivity index is 2.70. The molecule has 1 rings (SSSR count). The van der Waals surface area contributed by atoms with Gasteiger partial charge in [0.15, 0.2) is 6.61 Å². The van der Waals surface area contributed by atoms with Gasteiger partial charge in [-0.2, -0.15) is 0 Å². The van der Waals surface area contributed by atoms with E-state index in [1.807, 2.05) is 26.0 Å². The minimum absolute atomic E-state index is 0.0592. The van der Waals surface area contributed by atoms with E-state index >= 15 is 0 Å². The highest BCUT2D eigenvalue weighted by Crippen LogP contribution is 2.30. The molecule has 0 aliphatic heterocycles. The number of hydrogen-bond donors (Lipinski definition) is 0. The highest BCUT2D eigenvalue weighted by atomic mass is 79.9. The van der Waals surface area contributed by atoms with Crippen molar-refractivity contribution in [2.75, 3.05) is 13.2 Å². The van der Waals surface area contributed by atoms with Crippen molar-refractivity contribution >= 4 is 21.9 Å². The number of halogens is 1. The van der Waals surface area contributed by atoms with Crippen LogP contribution < -0.4 is 4.74 Å². The smallest absolute Gasteiger partial charge is 0.344 e. The van der Waals surface area contributed by atoms with Gasteiger partial charge in [-0.25, -0.2) is 4.79 Å². The lowest BCUT2D eigenvalue weighted by Gasteiger charge is -2.11. The summed E-state index contributed by atoms with van der Waals surface area (Å²) in [4.78, 5) is 11.1. The summed E-state index contributed by atoms with van der Waals surface area (Å²) >= 11 is 3.41. The van der Waals surface area contributed by atoms with E-state index in [1.165, 1.54) is 0 Å². The van der Waals surface area contributed by atoms with Crippen molar-refractivity contribution in [1.82, 2.24) is 0 Å². The molecule has 0 aliphatic carbocycles. The molecule has 3 nitrogen and oxygen atoms in total. The van der Waals surface area contributed by atoms with Crippen LogP contribution in [0.2, 0.25) is 0 Å². The van der Waals surface area contributed by atoms with Crippen molar-refractivity contribution in [2.45, 2.75) is 20.8 Å². The van der Waals surface area contributed by atoms with Crippen molar-refractivity contribution in [3.8, 4) is 5.75 Å². The molecule has 0 saturated carbocycles. The van der Waals surface area contributed by atoms with Crippen molar-refractivity contribution in [2.24, 2.45) is 0 Å². The Morgan fingerprint density at radius 2 is 2.06 bits per heavy atom. The molecule has 0 spiro atoms. The van der Waals surface area contributed by atoms with Gasteiger partial charge in [-0.15, -0.1) is 0 Å². The number of carbonyl (C=O) groups is 1. The Hall–Kier alpha value is -1.03. The molecule has 88 valence electrons. The number of aryl methyl sites for hydroxylation is 2. The third kappa shape index (κ3) is 3.52. The summed E-state index contributed by atoms with van der Waals surface area (Å²) in [5.74, 6) is 0.341. The van der Waals surface area contributed by atoms with Crippen molar-refractivity contribution < 1.29 is 14.3 Å². The second-order valence-electron chi connectivity index (χ2n) is 3.49. The molecule has 0 N–H and O–H groups in total. The predicted molar refractivity (Wildman–Crippen MR) is 65.7 cm³/mol. The Morgan fingerprint density at radius 3 is 2.62 bits per heavy atom. The van der Waals surface area contributed by atoms with E-state index in [0.717, 1.165) is 15.6 Å². The molecule has 0 radical (unpaired) electrons. The Labute approximate surface area is 104 Å². The third-order valence-corrected chi connectivity index (χ3v) is 2.60. The molecule has 0 aromatic heterocycles. The van der Waals surface area contributed by atoms with E-state index in [1.54, 1.807) is 6.92 Å². The van der Waals surface area contributed by atoms with E-state index in [2.05, 4.69) is 15.9 Å². The molecule has 0 fully saturated rings. The molecule has 0 atom stereocenters. The lowest BCUT2D eigenvalue weighted by Crippen LogP contribution is -2.15. The monoisotopic (exact) mass is 286 g/mol. The lowest BCUT2D eigenvalue weighted by molar-refractivity contribution is -0.145. The molecule has 0 amide bonds. The van der Waals surface area contributed by atoms with Gasteiger partial charge in [0, 0.05) is 0 Å². The van der Waals surface area contributed by atoms with Gasteiger partial charge in [-0.1, -0.05) is 6.07 Å². The maximum absolute atomic E-state index is 11.1. The average Bonchev–Trinajstić information content (AvgIpc) is 2.16. The van der Waals surface area contributed by atoms with Crippen LogP contribution in [0, 0.1) is 13.8 Å². The first-order chi connectivity index (χ1) is 7.54. The van der Waals surface area contributed by atoms with Gasteiger partial charge in [-0.05, 0) is 53.9 Å².